The van der Waals surface area contributed by atoms with Gasteiger partial charge in [0.15, 0.2) is 28.9 Å². The topological polar surface area (TPSA) is 198 Å². The Balaban J connectivity index is 0.000000183. The summed E-state index contributed by atoms with van der Waals surface area (Å²) in [5, 5.41) is 30.1. The number of rotatable bonds is 13. The predicted octanol–water partition coefficient (Wildman–Crippen LogP) is 18.4. The van der Waals surface area contributed by atoms with Gasteiger partial charge in [0.05, 0.1) is 45.8 Å². The van der Waals surface area contributed by atoms with Crippen LogP contribution in [0.1, 0.15) is 59.2 Å². The van der Waals surface area contributed by atoms with Gasteiger partial charge in [0.2, 0.25) is 12.0 Å². The Kier molecular flexibility index (Phi) is 30.9. The second kappa shape index (κ2) is 37.3. The monoisotopic (exact) mass is 1440 g/mol. The van der Waals surface area contributed by atoms with Crippen LogP contribution in [0.25, 0.3) is 42.4 Å². The molecule has 8 aromatic rings. The third-order valence-electron chi connectivity index (χ3n) is 11.8. The molecule has 3 N–H and O–H groups in total. The second-order valence-corrected chi connectivity index (χ2v) is 28.1. The zero-order valence-electron chi connectivity index (χ0n) is 46.1. The van der Waals surface area contributed by atoms with Crippen LogP contribution in [0.15, 0.2) is 125 Å². The second-order valence-electron chi connectivity index (χ2n) is 18.0. The lowest BCUT2D eigenvalue weighted by Gasteiger charge is -2.29. The van der Waals surface area contributed by atoms with Crippen molar-refractivity contribution in [3.8, 4) is 0 Å². The van der Waals surface area contributed by atoms with Crippen LogP contribution in [0.3, 0.4) is 0 Å². The molecule has 5 aromatic carbocycles. The number of hydrogen-bond donors (Lipinski definition) is 3. The van der Waals surface area contributed by atoms with E-state index in [0.29, 0.717) is 64.3 Å². The highest BCUT2D eigenvalue weighted by Crippen LogP contribution is 2.64. The molecular weight excluding hydrogens is 1380 g/mol. The summed E-state index contributed by atoms with van der Waals surface area (Å²) in [5.41, 5.74) is 2.36. The molecule has 1 amide bonds. The lowest BCUT2D eigenvalue weighted by molar-refractivity contribution is -0.120. The van der Waals surface area contributed by atoms with Crippen molar-refractivity contribution in [3.05, 3.63) is 186 Å². The number of isocyanates is 1. The van der Waals surface area contributed by atoms with E-state index in [1.807, 2.05) is 41.8 Å². The molecular formula is C58H57BrCl3F4N2O13P3S3. The highest BCUT2D eigenvalue weighted by Gasteiger charge is 2.45. The van der Waals surface area contributed by atoms with E-state index in [1.54, 1.807) is 47.3 Å². The first kappa shape index (κ1) is 72.0. The van der Waals surface area contributed by atoms with E-state index < -0.39 is 58.6 Å². The molecule has 0 spiro atoms. The Morgan fingerprint density at radius 3 is 1.67 bits per heavy atom. The molecule has 466 valence electrons. The van der Waals surface area contributed by atoms with Gasteiger partial charge in [-0.15, -0.1) is 34.0 Å². The molecule has 3 fully saturated rings. The number of fused-ring (bicyclic) bond motifs is 3. The van der Waals surface area contributed by atoms with Crippen molar-refractivity contribution < 1.29 is 78.2 Å². The molecule has 3 aromatic heterocycles. The molecule has 3 aliphatic rings. The summed E-state index contributed by atoms with van der Waals surface area (Å²) in [7, 11) is -6.14. The van der Waals surface area contributed by atoms with Gasteiger partial charge in [-0.3, -0.25) is 13.9 Å². The average Bonchev–Trinajstić information content (AvgIpc) is 2.16. The van der Waals surface area contributed by atoms with E-state index in [-0.39, 0.29) is 26.4 Å². The minimum absolute atomic E-state index is 0.0938. The number of benzene rings is 5. The van der Waals surface area contributed by atoms with Crippen LogP contribution in [0.5, 0.6) is 0 Å². The summed E-state index contributed by atoms with van der Waals surface area (Å²) >= 11 is 26.2. The molecule has 0 radical (unpaired) electrons. The van der Waals surface area contributed by atoms with Crippen molar-refractivity contribution in [1.82, 2.24) is 5.32 Å². The number of aliphatic imine (C=N–C) groups is 1. The van der Waals surface area contributed by atoms with Gasteiger partial charge in [-0.1, -0.05) is 62.9 Å². The number of halogens is 8. The van der Waals surface area contributed by atoms with Crippen molar-refractivity contribution in [2.45, 2.75) is 42.8 Å². The fourth-order valence-corrected chi connectivity index (χ4v) is 16.6. The fourth-order valence-electron chi connectivity index (χ4n) is 7.69. The zero-order chi connectivity index (χ0) is 62.8. The molecule has 3 aliphatic heterocycles. The molecule has 1 atom stereocenters. The Morgan fingerprint density at radius 2 is 1.17 bits per heavy atom. The van der Waals surface area contributed by atoms with E-state index in [9.17, 15) is 36.3 Å². The van der Waals surface area contributed by atoms with Gasteiger partial charge in [-0.25, -0.2) is 22.4 Å². The predicted molar refractivity (Wildman–Crippen MR) is 344 cm³/mol. The number of hydrogen-bond acceptors (Lipinski definition) is 17. The van der Waals surface area contributed by atoms with Gasteiger partial charge in [0, 0.05) is 67.2 Å². The quantitative estimate of drug-likeness (QED) is 0.0324. The minimum Gasteiger partial charge on any atom is -0.396 e. The number of carbonyl (C=O) groups is 1. The molecule has 87 heavy (non-hydrogen) atoms. The molecule has 0 aliphatic carbocycles. The summed E-state index contributed by atoms with van der Waals surface area (Å²) in [5.74, 6) is -4.41. The largest absolute Gasteiger partial charge is 0.396 e. The summed E-state index contributed by atoms with van der Waals surface area (Å²) < 4.78 is 117. The van der Waals surface area contributed by atoms with Gasteiger partial charge in [-0.05, 0) is 177 Å². The van der Waals surface area contributed by atoms with Gasteiger partial charge >= 0.3 is 23.8 Å². The van der Waals surface area contributed by atoms with Crippen LogP contribution in [0.2, 0.25) is 15.1 Å². The number of aliphatic hydroxyl groups is 2. The highest BCUT2D eigenvalue weighted by atomic mass is 79.9. The maximum absolute atomic E-state index is 13.5. The molecule has 11 rings (SSSR count). The Morgan fingerprint density at radius 1 is 0.690 bits per heavy atom. The van der Waals surface area contributed by atoms with Crippen molar-refractivity contribution in [3.63, 3.8) is 0 Å². The minimum atomic E-state index is -3.81. The first-order valence-corrected chi connectivity index (χ1v) is 35.5. The number of carbonyl (C=O) groups excluding carboxylic acids is 2. The Hall–Kier alpha value is -4.09. The van der Waals surface area contributed by atoms with Crippen molar-refractivity contribution in [1.29, 1.82) is 0 Å². The SMILES string of the molecule is COP1OCCCO1.Clc1ccc2scc(CBr)c2c1.O=C(N/C=C/c1ccc(F)c(F)c1)C(c1csc2ccc(Cl)cc12)P1(=O)OCCCO1.O=C=N/C=C/c1ccc(F)c(F)c1.O=P1(Cc2csc3ccc(Cl)cc23)OCCCO1.OCCCO. The van der Waals surface area contributed by atoms with E-state index >= 15 is 0 Å². The molecule has 0 bridgehead atoms. The molecule has 3 saturated heterocycles. The van der Waals surface area contributed by atoms with Crippen molar-refractivity contribution >= 4 is 163 Å². The average molecular weight is 1440 g/mol. The first-order chi connectivity index (χ1) is 41.9. The number of nitrogens with zero attached hydrogens (tertiary/aromatic N) is 1. The summed E-state index contributed by atoms with van der Waals surface area (Å²) in [6.45, 7) is 3.20. The third kappa shape index (κ3) is 22.7. The van der Waals surface area contributed by atoms with Crippen LogP contribution < -0.4 is 5.32 Å². The molecule has 29 heteroatoms. The highest BCUT2D eigenvalue weighted by molar-refractivity contribution is 9.08. The number of nitrogens with one attached hydrogen (secondary N) is 1. The smallest absolute Gasteiger partial charge is 0.347 e. The normalized spacial score (nSPS) is 15.7. The Labute approximate surface area is 536 Å². The van der Waals surface area contributed by atoms with Crippen LogP contribution in [0, 0.1) is 23.3 Å². The fraction of sp³-hybridized carbons (Fsp3) is 0.276. The summed E-state index contributed by atoms with van der Waals surface area (Å²) in [6.07, 6.45) is 9.68. The van der Waals surface area contributed by atoms with Crippen LogP contribution in [0.4, 0.5) is 17.6 Å². The molecule has 15 nitrogen and oxygen atoms in total. The van der Waals surface area contributed by atoms with Gasteiger partial charge < -0.3 is 47.2 Å². The van der Waals surface area contributed by atoms with Crippen LogP contribution in [-0.4, -0.2) is 82.2 Å². The van der Waals surface area contributed by atoms with Crippen molar-refractivity contribution in [2.24, 2.45) is 4.99 Å². The van der Waals surface area contributed by atoms with E-state index in [4.69, 9.17) is 76.7 Å². The summed E-state index contributed by atoms with van der Waals surface area (Å²) in [6, 6.07) is 23.7. The van der Waals surface area contributed by atoms with Crippen LogP contribution in [-0.2, 0) is 61.9 Å². The molecule has 6 heterocycles. The first-order valence-electron chi connectivity index (χ1n) is 26.2. The van der Waals surface area contributed by atoms with Crippen molar-refractivity contribution in [2.75, 3.05) is 60.0 Å². The van der Waals surface area contributed by atoms with E-state index in [0.717, 1.165) is 87.2 Å². The summed E-state index contributed by atoms with van der Waals surface area (Å²) in [4.78, 5) is 25.9. The number of amides is 1. The van der Waals surface area contributed by atoms with Gasteiger partial charge in [-0.2, -0.15) is 4.99 Å². The maximum Gasteiger partial charge on any atom is 0.347 e. The van der Waals surface area contributed by atoms with E-state index in [1.165, 1.54) is 63.6 Å². The number of aliphatic hydroxyl groups excluding tert-OH is 2. The lowest BCUT2D eigenvalue weighted by Crippen LogP contribution is -2.28. The Bertz CT molecular complexity index is 3720. The third-order valence-corrected chi connectivity index (χ3v) is 21.3. The molecule has 1 unspecified atom stereocenters. The van der Waals surface area contributed by atoms with Gasteiger partial charge in [0.25, 0.3) is 0 Å². The zero-order valence-corrected chi connectivity index (χ0v) is 55.1. The maximum atomic E-state index is 13.5. The molecule has 0 saturated carbocycles. The van der Waals surface area contributed by atoms with Gasteiger partial charge in [0.1, 0.15) is 0 Å². The number of alkyl halides is 1. The van der Waals surface area contributed by atoms with E-state index in [2.05, 4.69) is 37.7 Å². The number of thiophene rings is 3. The standard InChI is InChI=1S/C21H17ClF2NO4PS.C12H12ClO3PS.C9H6BrClS.C9H5F2NO.C4H9O3P.C3H8O2/c22-14-3-5-19-15(11-14)16(12-31-19)20(30(27)28-8-1-9-29-30)21(26)25-7-6-13-2-4-17(23)18(24)10-13;13-10-2-3-12-11(6-10)9(8-18-12)7-17(14)15-4-1-5-16-17;10-4-6-5-12-9-2-1-7(11)3-8(6)9;10-8-2-1-7(5-9(8)11)3-4-12-6-13;1-5-8-6-3-2-4-7-8;4-2-1-3-5/h2-7,10-12,20H,1,8-9H2,(H,25,26);2-3,6,8H,1,4-5,7H2;1-3,5H,4H2;1-5H;2-4H2,1H3;4-5H,1-3H2/b7-6+;;;4-3+;;. The lowest BCUT2D eigenvalue weighted by atomic mass is 10.1. The van der Waals surface area contributed by atoms with Crippen LogP contribution >= 0.6 is 109 Å².